The van der Waals surface area contributed by atoms with Crippen LogP contribution in [0.25, 0.3) is 22.6 Å². The Kier molecular flexibility index (Phi) is 6.27. The molecule has 1 fully saturated rings. The van der Waals surface area contributed by atoms with Crippen LogP contribution in [0.15, 0.2) is 48.5 Å². The largest absolute Gasteiger partial charge is 0.508 e. The van der Waals surface area contributed by atoms with Gasteiger partial charge < -0.3 is 19.5 Å². The van der Waals surface area contributed by atoms with Crippen molar-refractivity contribution in [2.45, 2.75) is 19.3 Å². The standard InChI is InChI=1S/C27H26N2O5/c30-20-10-8-18(9-11-20)16-19-4-3-6-22-25(21-5-1-2-7-23(21)28-26(19)22)27(32)34-17-24(31)29-12-14-33-15-13-29/h1-2,5,7-11,16,30H,3-4,6,12-15,17H2. The highest BCUT2D eigenvalue weighted by atomic mass is 16.5. The number of aromatic hydroxyl groups is 1. The number of morpholine rings is 1. The van der Waals surface area contributed by atoms with Crippen molar-refractivity contribution in [3.63, 3.8) is 0 Å². The minimum absolute atomic E-state index is 0.211. The second-order valence-electron chi connectivity index (χ2n) is 8.52. The summed E-state index contributed by atoms with van der Waals surface area (Å²) >= 11 is 0. The van der Waals surface area contributed by atoms with Gasteiger partial charge in [0.15, 0.2) is 6.61 Å². The first-order valence-electron chi connectivity index (χ1n) is 11.5. The Balaban J connectivity index is 1.49. The molecular formula is C27H26N2O5. The lowest BCUT2D eigenvalue weighted by molar-refractivity contribution is -0.138. The number of rotatable bonds is 4. The van der Waals surface area contributed by atoms with Crippen LogP contribution in [0, 0.1) is 0 Å². The Morgan fingerprint density at radius 1 is 1.06 bits per heavy atom. The molecule has 0 radical (unpaired) electrons. The Morgan fingerprint density at radius 3 is 2.62 bits per heavy atom. The van der Waals surface area contributed by atoms with E-state index < -0.39 is 5.97 Å². The third-order valence-corrected chi connectivity index (χ3v) is 6.30. The van der Waals surface area contributed by atoms with Gasteiger partial charge in [-0.25, -0.2) is 9.78 Å². The van der Waals surface area contributed by atoms with Gasteiger partial charge in [0.1, 0.15) is 5.75 Å². The molecule has 2 heterocycles. The van der Waals surface area contributed by atoms with E-state index in [1.165, 1.54) is 0 Å². The van der Waals surface area contributed by atoms with Gasteiger partial charge in [-0.3, -0.25) is 4.79 Å². The third kappa shape index (κ3) is 4.52. The molecule has 5 rings (SSSR count). The molecule has 2 aromatic carbocycles. The number of carbonyl (C=O) groups is 2. The van der Waals surface area contributed by atoms with Gasteiger partial charge in [0.2, 0.25) is 0 Å². The van der Waals surface area contributed by atoms with Crippen LogP contribution in [-0.2, 0) is 20.7 Å². The Labute approximate surface area is 197 Å². The van der Waals surface area contributed by atoms with Crippen LogP contribution >= 0.6 is 0 Å². The molecule has 3 aromatic rings. The zero-order valence-corrected chi connectivity index (χ0v) is 18.8. The molecule has 1 aromatic heterocycles. The zero-order valence-electron chi connectivity index (χ0n) is 18.8. The van der Waals surface area contributed by atoms with E-state index in [1.54, 1.807) is 17.0 Å². The molecule has 1 amide bonds. The second-order valence-corrected chi connectivity index (χ2v) is 8.52. The minimum atomic E-state index is -0.498. The normalized spacial score (nSPS) is 16.9. The van der Waals surface area contributed by atoms with Crippen molar-refractivity contribution >= 4 is 34.4 Å². The quantitative estimate of drug-likeness (QED) is 0.598. The van der Waals surface area contributed by atoms with E-state index in [4.69, 9.17) is 14.5 Å². The number of hydrogen-bond acceptors (Lipinski definition) is 6. The van der Waals surface area contributed by atoms with E-state index in [2.05, 4.69) is 6.08 Å². The van der Waals surface area contributed by atoms with Crippen LogP contribution in [-0.4, -0.2) is 59.8 Å². The molecule has 0 bridgehead atoms. The minimum Gasteiger partial charge on any atom is -0.508 e. The van der Waals surface area contributed by atoms with Crippen molar-refractivity contribution in [2.24, 2.45) is 0 Å². The Bertz CT molecular complexity index is 1260. The molecule has 1 saturated heterocycles. The van der Waals surface area contributed by atoms with E-state index in [-0.39, 0.29) is 18.3 Å². The lowest BCUT2D eigenvalue weighted by Crippen LogP contribution is -2.42. The van der Waals surface area contributed by atoms with Crippen LogP contribution in [0.2, 0.25) is 0 Å². The van der Waals surface area contributed by atoms with Crippen molar-refractivity contribution in [1.82, 2.24) is 9.88 Å². The molecule has 0 atom stereocenters. The number of nitrogens with zero attached hydrogens (tertiary/aromatic N) is 2. The van der Waals surface area contributed by atoms with Gasteiger partial charge in [0, 0.05) is 18.5 Å². The van der Waals surface area contributed by atoms with Crippen molar-refractivity contribution in [3.8, 4) is 5.75 Å². The highest BCUT2D eigenvalue weighted by Crippen LogP contribution is 2.36. The summed E-state index contributed by atoms with van der Waals surface area (Å²) in [5, 5.41) is 10.3. The lowest BCUT2D eigenvalue weighted by Gasteiger charge is -2.27. The van der Waals surface area contributed by atoms with Gasteiger partial charge in [-0.15, -0.1) is 0 Å². The smallest absolute Gasteiger partial charge is 0.339 e. The number of esters is 1. The average molecular weight is 459 g/mol. The Hall–Kier alpha value is -3.71. The maximum absolute atomic E-state index is 13.3. The molecule has 1 aliphatic carbocycles. The molecule has 7 heteroatoms. The lowest BCUT2D eigenvalue weighted by atomic mass is 9.86. The number of phenols is 1. The molecule has 1 N–H and O–H groups in total. The molecule has 0 spiro atoms. The predicted octanol–water partition coefficient (Wildman–Crippen LogP) is 3.83. The van der Waals surface area contributed by atoms with Gasteiger partial charge in [0.25, 0.3) is 5.91 Å². The number of carbonyl (C=O) groups excluding carboxylic acids is 2. The average Bonchev–Trinajstić information content (AvgIpc) is 2.88. The fourth-order valence-electron chi connectivity index (χ4n) is 4.58. The third-order valence-electron chi connectivity index (χ3n) is 6.30. The second kappa shape index (κ2) is 9.65. The van der Waals surface area contributed by atoms with E-state index in [0.29, 0.717) is 43.8 Å². The molecule has 0 unspecified atom stereocenters. The highest BCUT2D eigenvalue weighted by molar-refractivity contribution is 6.07. The van der Waals surface area contributed by atoms with Crippen LogP contribution in [0.5, 0.6) is 5.75 Å². The molecule has 0 saturated carbocycles. The van der Waals surface area contributed by atoms with E-state index in [9.17, 15) is 14.7 Å². The summed E-state index contributed by atoms with van der Waals surface area (Å²) < 4.78 is 10.8. The van der Waals surface area contributed by atoms with Crippen molar-refractivity contribution in [2.75, 3.05) is 32.9 Å². The number of para-hydroxylation sites is 1. The summed E-state index contributed by atoms with van der Waals surface area (Å²) in [6.45, 7) is 1.72. The fraction of sp³-hybridized carbons (Fsp3) is 0.296. The maximum Gasteiger partial charge on any atom is 0.339 e. The predicted molar refractivity (Wildman–Crippen MR) is 128 cm³/mol. The van der Waals surface area contributed by atoms with Crippen molar-refractivity contribution in [3.05, 3.63) is 70.9 Å². The van der Waals surface area contributed by atoms with Crippen LogP contribution in [0.4, 0.5) is 0 Å². The van der Waals surface area contributed by atoms with Crippen molar-refractivity contribution in [1.29, 1.82) is 0 Å². The van der Waals surface area contributed by atoms with Gasteiger partial charge >= 0.3 is 5.97 Å². The SMILES string of the molecule is O=C(OCC(=O)N1CCOCC1)c1c2c(nc3ccccc13)C(=Cc1ccc(O)cc1)CCC2. The van der Waals surface area contributed by atoms with E-state index in [1.807, 2.05) is 36.4 Å². The number of amides is 1. The summed E-state index contributed by atoms with van der Waals surface area (Å²) in [7, 11) is 0. The van der Waals surface area contributed by atoms with E-state index >= 15 is 0 Å². The maximum atomic E-state index is 13.3. The number of phenolic OH excluding ortho intramolecular Hbond substituents is 1. The molecule has 7 nitrogen and oxygen atoms in total. The van der Waals surface area contributed by atoms with Gasteiger partial charge in [-0.2, -0.15) is 0 Å². The topological polar surface area (TPSA) is 89.0 Å². The van der Waals surface area contributed by atoms with Gasteiger partial charge in [0.05, 0.1) is 30.0 Å². The summed E-state index contributed by atoms with van der Waals surface area (Å²) in [6.07, 6.45) is 4.48. The van der Waals surface area contributed by atoms with Gasteiger partial charge in [-0.1, -0.05) is 30.3 Å². The monoisotopic (exact) mass is 458 g/mol. The highest BCUT2D eigenvalue weighted by Gasteiger charge is 2.27. The number of ether oxygens (including phenoxy) is 2. The number of pyridine rings is 1. The summed E-state index contributed by atoms with van der Waals surface area (Å²) in [6, 6.07) is 14.5. The summed E-state index contributed by atoms with van der Waals surface area (Å²) in [5.74, 6) is -0.494. The molecule has 174 valence electrons. The first-order valence-corrected chi connectivity index (χ1v) is 11.5. The van der Waals surface area contributed by atoms with Crippen LogP contribution in [0.3, 0.4) is 0 Å². The van der Waals surface area contributed by atoms with Gasteiger partial charge in [-0.05, 0) is 60.2 Å². The number of fused-ring (bicyclic) bond motifs is 2. The zero-order chi connectivity index (χ0) is 23.5. The van der Waals surface area contributed by atoms with Crippen LogP contribution in [0.1, 0.15) is 40.0 Å². The van der Waals surface area contributed by atoms with Crippen LogP contribution < -0.4 is 0 Å². The van der Waals surface area contributed by atoms with E-state index in [0.717, 1.165) is 40.6 Å². The van der Waals surface area contributed by atoms with Crippen molar-refractivity contribution < 1.29 is 24.2 Å². The molecule has 34 heavy (non-hydrogen) atoms. The number of benzene rings is 2. The fourth-order valence-corrected chi connectivity index (χ4v) is 4.58. The number of allylic oxidation sites excluding steroid dienone is 1. The first-order chi connectivity index (χ1) is 16.6. The Morgan fingerprint density at radius 2 is 1.82 bits per heavy atom. The summed E-state index contributed by atoms with van der Waals surface area (Å²) in [5.41, 5.74) is 4.85. The first kappa shape index (κ1) is 22.1. The molecule has 1 aliphatic heterocycles. The summed E-state index contributed by atoms with van der Waals surface area (Å²) in [4.78, 5) is 32.4. The number of hydrogen-bond donors (Lipinski definition) is 1. The molecule has 2 aliphatic rings. The number of aromatic nitrogens is 1. The molecular weight excluding hydrogens is 432 g/mol.